The molecule has 0 aliphatic carbocycles. The second-order valence-corrected chi connectivity index (χ2v) is 6.17. The molecule has 4 nitrogen and oxygen atoms in total. The van der Waals surface area contributed by atoms with Crippen LogP contribution in [0.15, 0.2) is 35.7 Å². The molecule has 0 spiro atoms. The fourth-order valence-electron chi connectivity index (χ4n) is 2.03. The summed E-state index contributed by atoms with van der Waals surface area (Å²) in [5.74, 6) is 0. The smallest absolute Gasteiger partial charge is 0.207 e. The molecule has 6 heteroatoms. The minimum Gasteiger partial charge on any atom is -0.342 e. The zero-order valence-corrected chi connectivity index (χ0v) is 13.0. The first kappa shape index (κ1) is 13.5. The van der Waals surface area contributed by atoms with Gasteiger partial charge in [0.2, 0.25) is 5.13 Å². The molecule has 2 N–H and O–H groups in total. The van der Waals surface area contributed by atoms with E-state index in [0.29, 0.717) is 5.11 Å². The minimum atomic E-state index is -0.199. The summed E-state index contributed by atoms with van der Waals surface area (Å²) < 4.78 is 0. The molecule has 1 aromatic carbocycles. The molecule has 0 unspecified atom stereocenters. The average Bonchev–Trinajstić information content (AvgIpc) is 3.05. The number of hydrogen-bond acceptors (Lipinski definition) is 4. The Bertz CT molecular complexity index is 625. The van der Waals surface area contributed by atoms with Crippen molar-refractivity contribution >= 4 is 33.8 Å². The Morgan fingerprint density at radius 2 is 2.10 bits per heavy atom. The van der Waals surface area contributed by atoms with Crippen LogP contribution in [0.5, 0.6) is 0 Å². The van der Waals surface area contributed by atoms with Crippen molar-refractivity contribution in [2.45, 2.75) is 25.9 Å². The van der Waals surface area contributed by atoms with Gasteiger partial charge in [0, 0.05) is 10.9 Å². The Morgan fingerprint density at radius 1 is 1.35 bits per heavy atom. The van der Waals surface area contributed by atoms with Gasteiger partial charge in [0.05, 0.1) is 5.69 Å². The summed E-state index contributed by atoms with van der Waals surface area (Å²) in [5, 5.41) is 8.73. The maximum Gasteiger partial charge on any atom is 0.207 e. The normalized spacial score (nSPS) is 22.1. The van der Waals surface area contributed by atoms with Crippen LogP contribution in [0, 0.1) is 0 Å². The Morgan fingerprint density at radius 3 is 2.75 bits per heavy atom. The predicted molar refractivity (Wildman–Crippen MR) is 87.6 cm³/mol. The molecule has 2 aromatic rings. The molecule has 2 heterocycles. The molecular weight excluding hydrogens is 288 g/mol. The molecule has 3 rings (SSSR count). The van der Waals surface area contributed by atoms with E-state index < -0.39 is 0 Å². The molecule has 1 aliphatic heterocycles. The van der Waals surface area contributed by atoms with E-state index in [1.807, 2.05) is 23.2 Å². The van der Waals surface area contributed by atoms with Gasteiger partial charge in [-0.15, -0.1) is 11.3 Å². The van der Waals surface area contributed by atoms with Crippen LogP contribution in [0.3, 0.4) is 0 Å². The number of anilines is 1. The van der Waals surface area contributed by atoms with Crippen LogP contribution in [0.2, 0.25) is 0 Å². The van der Waals surface area contributed by atoms with E-state index in [4.69, 9.17) is 12.2 Å². The van der Waals surface area contributed by atoms with Gasteiger partial charge in [0.25, 0.3) is 0 Å². The largest absolute Gasteiger partial charge is 0.342 e. The van der Waals surface area contributed by atoms with E-state index in [9.17, 15) is 0 Å². The van der Waals surface area contributed by atoms with E-state index >= 15 is 0 Å². The Labute approximate surface area is 127 Å². The molecule has 0 radical (unpaired) electrons. The quantitative estimate of drug-likeness (QED) is 0.853. The number of benzene rings is 1. The second-order valence-electron chi connectivity index (χ2n) is 4.94. The molecule has 20 heavy (non-hydrogen) atoms. The first-order chi connectivity index (χ1) is 9.61. The van der Waals surface area contributed by atoms with Crippen molar-refractivity contribution in [2.75, 3.05) is 5.01 Å². The molecular formula is C14H16N4S2. The van der Waals surface area contributed by atoms with Gasteiger partial charge in [0.15, 0.2) is 5.11 Å². The molecule has 0 bridgehead atoms. The van der Waals surface area contributed by atoms with Crippen molar-refractivity contribution in [2.24, 2.45) is 0 Å². The van der Waals surface area contributed by atoms with Crippen LogP contribution < -0.4 is 15.8 Å². The number of nitrogens with zero attached hydrogens (tertiary/aromatic N) is 2. The van der Waals surface area contributed by atoms with Crippen LogP contribution in [0.25, 0.3) is 11.3 Å². The van der Waals surface area contributed by atoms with Gasteiger partial charge in [0.1, 0.15) is 5.66 Å². The number of hydrogen-bond donors (Lipinski definition) is 2. The van der Waals surface area contributed by atoms with Crippen molar-refractivity contribution in [1.82, 2.24) is 15.7 Å². The Kier molecular flexibility index (Phi) is 3.45. The number of nitrogens with one attached hydrogen (secondary N) is 2. The third-order valence-corrected chi connectivity index (χ3v) is 4.51. The lowest BCUT2D eigenvalue weighted by molar-refractivity contribution is 0.362. The highest BCUT2D eigenvalue weighted by Crippen LogP contribution is 2.29. The molecule has 1 saturated heterocycles. The summed E-state index contributed by atoms with van der Waals surface area (Å²) in [6.07, 6.45) is 0.931. The summed E-state index contributed by atoms with van der Waals surface area (Å²) >= 11 is 6.96. The molecule has 1 atom stereocenters. The lowest BCUT2D eigenvalue weighted by Crippen LogP contribution is -2.47. The summed E-state index contributed by atoms with van der Waals surface area (Å²) in [4.78, 5) is 4.67. The van der Waals surface area contributed by atoms with Crippen LogP contribution in [0.1, 0.15) is 20.3 Å². The Balaban J connectivity index is 1.86. The van der Waals surface area contributed by atoms with Crippen LogP contribution in [0.4, 0.5) is 5.13 Å². The van der Waals surface area contributed by atoms with E-state index in [1.54, 1.807) is 11.3 Å². The SMILES string of the molecule is CC[C@@]1(C)NC(=S)N(c2nc(-c3ccccc3)cs2)N1. The van der Waals surface area contributed by atoms with Crippen molar-refractivity contribution in [3.63, 3.8) is 0 Å². The summed E-state index contributed by atoms with van der Waals surface area (Å²) in [5.41, 5.74) is 5.27. The van der Waals surface area contributed by atoms with Crippen molar-refractivity contribution in [1.29, 1.82) is 0 Å². The van der Waals surface area contributed by atoms with Gasteiger partial charge >= 0.3 is 0 Å². The number of thiocarbonyl (C=S) groups is 1. The van der Waals surface area contributed by atoms with E-state index in [2.05, 4.69) is 47.1 Å². The third kappa shape index (κ3) is 2.42. The molecule has 0 saturated carbocycles. The summed E-state index contributed by atoms with van der Waals surface area (Å²) in [7, 11) is 0. The van der Waals surface area contributed by atoms with Crippen molar-refractivity contribution in [3.05, 3.63) is 35.7 Å². The second kappa shape index (κ2) is 5.12. The van der Waals surface area contributed by atoms with Gasteiger partial charge in [-0.3, -0.25) is 0 Å². The number of aromatic nitrogens is 1. The monoisotopic (exact) mass is 304 g/mol. The lowest BCUT2D eigenvalue weighted by Gasteiger charge is -2.22. The fraction of sp³-hybridized carbons (Fsp3) is 0.286. The number of hydrazine groups is 1. The minimum absolute atomic E-state index is 0.199. The van der Waals surface area contributed by atoms with Crippen LogP contribution in [-0.2, 0) is 0 Å². The Hall–Kier alpha value is -1.50. The maximum atomic E-state index is 5.38. The summed E-state index contributed by atoms with van der Waals surface area (Å²) in [6, 6.07) is 10.2. The predicted octanol–water partition coefficient (Wildman–Crippen LogP) is 3.14. The average molecular weight is 304 g/mol. The van der Waals surface area contributed by atoms with Gasteiger partial charge in [-0.25, -0.2) is 15.4 Å². The lowest BCUT2D eigenvalue weighted by atomic mass is 10.2. The van der Waals surface area contributed by atoms with Gasteiger partial charge in [-0.2, -0.15) is 0 Å². The van der Waals surface area contributed by atoms with E-state index in [1.165, 1.54) is 0 Å². The van der Waals surface area contributed by atoms with E-state index in [-0.39, 0.29) is 5.66 Å². The van der Waals surface area contributed by atoms with Crippen LogP contribution >= 0.6 is 23.6 Å². The molecule has 0 amide bonds. The molecule has 104 valence electrons. The van der Waals surface area contributed by atoms with Gasteiger partial charge in [-0.05, 0) is 25.6 Å². The summed E-state index contributed by atoms with van der Waals surface area (Å²) in [6.45, 7) is 4.20. The first-order valence-corrected chi connectivity index (χ1v) is 7.81. The molecule has 1 aromatic heterocycles. The zero-order chi connectivity index (χ0) is 14.2. The standard InChI is InChI=1S/C14H16N4S2/c1-3-14(2)16-12(19)18(17-14)13-15-11(9-20-13)10-7-5-4-6-8-10/h4-9,17H,3H2,1-2H3,(H,16,19)/t14-/m0/s1. The molecule has 1 aliphatic rings. The highest BCUT2D eigenvalue weighted by molar-refractivity contribution is 7.80. The van der Waals surface area contributed by atoms with Crippen LogP contribution in [-0.4, -0.2) is 15.8 Å². The highest BCUT2D eigenvalue weighted by atomic mass is 32.1. The first-order valence-electron chi connectivity index (χ1n) is 6.52. The highest BCUT2D eigenvalue weighted by Gasteiger charge is 2.36. The number of rotatable bonds is 3. The fourth-order valence-corrected chi connectivity index (χ4v) is 3.24. The number of thiazole rings is 1. The van der Waals surface area contributed by atoms with Crippen molar-refractivity contribution in [3.8, 4) is 11.3 Å². The van der Waals surface area contributed by atoms with Gasteiger partial charge < -0.3 is 5.32 Å². The third-order valence-electron chi connectivity index (χ3n) is 3.40. The molecule has 1 fully saturated rings. The van der Waals surface area contributed by atoms with Crippen molar-refractivity contribution < 1.29 is 0 Å². The van der Waals surface area contributed by atoms with E-state index in [0.717, 1.165) is 22.8 Å². The zero-order valence-electron chi connectivity index (χ0n) is 11.4. The topological polar surface area (TPSA) is 40.2 Å². The van der Waals surface area contributed by atoms with Gasteiger partial charge in [-0.1, -0.05) is 37.3 Å². The maximum absolute atomic E-state index is 5.38.